The molecule has 0 saturated heterocycles. The second-order valence-electron chi connectivity index (χ2n) is 10.8. The van der Waals surface area contributed by atoms with Crippen LogP contribution >= 0.6 is 11.6 Å². The van der Waals surface area contributed by atoms with E-state index in [1.807, 2.05) is 30.3 Å². The Morgan fingerprint density at radius 2 is 1.64 bits per heavy atom. The van der Waals surface area contributed by atoms with Gasteiger partial charge in [0.05, 0.1) is 18.6 Å². The first-order valence-corrected chi connectivity index (χ1v) is 15.3. The van der Waals surface area contributed by atoms with Crippen LogP contribution in [0.15, 0.2) is 78.9 Å². The number of likely N-dealkylation sites (N-methyl/N-ethyl adjacent to an activating group) is 1. The van der Waals surface area contributed by atoms with Crippen LogP contribution in [0.4, 0.5) is 0 Å². The SMILES string of the molecule is CN1C(=O)C[C@@H](C(=O)NCc2ccccc2Cl)NC(=O)c2ccccc2OCCCCCCNC(=O)[C@@H]1Cc1ccccc1. The second-order valence-corrected chi connectivity index (χ2v) is 11.2. The van der Waals surface area contributed by atoms with Crippen LogP contribution in [0.2, 0.25) is 5.02 Å². The first-order valence-electron chi connectivity index (χ1n) is 14.9. The molecule has 10 heteroatoms. The lowest BCUT2D eigenvalue weighted by Crippen LogP contribution is -2.53. The zero-order chi connectivity index (χ0) is 31.3. The van der Waals surface area contributed by atoms with Crippen LogP contribution in [0.3, 0.4) is 0 Å². The summed E-state index contributed by atoms with van der Waals surface area (Å²) >= 11 is 6.27. The summed E-state index contributed by atoms with van der Waals surface area (Å²) in [4.78, 5) is 55.5. The lowest BCUT2D eigenvalue weighted by molar-refractivity contribution is -0.140. The van der Waals surface area contributed by atoms with E-state index in [0.29, 0.717) is 35.9 Å². The van der Waals surface area contributed by atoms with E-state index >= 15 is 0 Å². The summed E-state index contributed by atoms with van der Waals surface area (Å²) in [6.45, 7) is 1.01. The predicted octanol–water partition coefficient (Wildman–Crippen LogP) is 4.28. The Morgan fingerprint density at radius 3 is 2.43 bits per heavy atom. The molecule has 0 aromatic heterocycles. The van der Waals surface area contributed by atoms with E-state index < -0.39 is 29.8 Å². The summed E-state index contributed by atoms with van der Waals surface area (Å²) in [7, 11) is 1.55. The van der Waals surface area contributed by atoms with E-state index in [0.717, 1.165) is 31.2 Å². The van der Waals surface area contributed by atoms with Gasteiger partial charge >= 0.3 is 0 Å². The van der Waals surface area contributed by atoms with Crippen molar-refractivity contribution in [1.82, 2.24) is 20.9 Å². The van der Waals surface area contributed by atoms with Gasteiger partial charge in [0.15, 0.2) is 0 Å². The molecule has 0 saturated carbocycles. The molecular weight excluding hydrogens is 580 g/mol. The highest BCUT2D eigenvalue weighted by atomic mass is 35.5. The zero-order valence-corrected chi connectivity index (χ0v) is 25.6. The quantitative estimate of drug-likeness (QED) is 0.395. The number of amides is 4. The molecule has 1 aliphatic rings. The zero-order valence-electron chi connectivity index (χ0n) is 24.9. The van der Waals surface area contributed by atoms with Crippen molar-refractivity contribution < 1.29 is 23.9 Å². The molecule has 3 N–H and O–H groups in total. The highest BCUT2D eigenvalue weighted by molar-refractivity contribution is 6.31. The molecule has 4 rings (SSSR count). The standard InChI is InChI=1S/C34H39ClN4O5/c1-39-29(21-24-13-5-4-6-14-24)34(43)36-19-11-2-3-12-20-44-30-18-10-8-16-26(30)32(41)38-28(22-31(39)40)33(42)37-23-25-15-7-9-17-27(25)35/h4-10,13-18,28-29H,2-3,11-12,19-23H2,1H3,(H,36,43)(H,37,42)(H,38,41)/t28-,29-/m0/s1. The minimum atomic E-state index is -1.23. The Labute approximate surface area is 263 Å². The van der Waals surface area contributed by atoms with Crippen LogP contribution in [0, 0.1) is 0 Å². The van der Waals surface area contributed by atoms with Crippen LogP contribution in [-0.4, -0.2) is 60.8 Å². The number of carbonyl (C=O) groups is 4. The molecule has 3 aromatic rings. The van der Waals surface area contributed by atoms with Gasteiger partial charge in [-0.1, -0.05) is 85.1 Å². The summed E-state index contributed by atoms with van der Waals surface area (Å²) in [5.41, 5.74) is 1.85. The van der Waals surface area contributed by atoms with Crippen molar-refractivity contribution in [1.29, 1.82) is 0 Å². The molecule has 0 bridgehead atoms. The van der Waals surface area contributed by atoms with E-state index in [9.17, 15) is 19.2 Å². The van der Waals surface area contributed by atoms with Gasteiger partial charge in [-0.3, -0.25) is 19.2 Å². The van der Waals surface area contributed by atoms with Gasteiger partial charge in [-0.25, -0.2) is 0 Å². The normalized spacial score (nSPS) is 19.0. The lowest BCUT2D eigenvalue weighted by atomic mass is 10.0. The molecule has 44 heavy (non-hydrogen) atoms. The monoisotopic (exact) mass is 618 g/mol. The number of nitrogens with zero attached hydrogens (tertiary/aromatic N) is 1. The van der Waals surface area contributed by atoms with Gasteiger partial charge in [0.25, 0.3) is 5.91 Å². The summed E-state index contributed by atoms with van der Waals surface area (Å²) in [6, 6.07) is 21.3. The minimum absolute atomic E-state index is 0.105. The predicted molar refractivity (Wildman–Crippen MR) is 169 cm³/mol. The summed E-state index contributed by atoms with van der Waals surface area (Å²) in [6.07, 6.45) is 3.30. The van der Waals surface area contributed by atoms with E-state index in [1.165, 1.54) is 4.90 Å². The number of para-hydroxylation sites is 1. The van der Waals surface area contributed by atoms with Gasteiger partial charge in [-0.05, 0) is 42.2 Å². The van der Waals surface area contributed by atoms with Crippen LogP contribution in [0.1, 0.15) is 53.6 Å². The van der Waals surface area contributed by atoms with Crippen molar-refractivity contribution in [3.63, 3.8) is 0 Å². The largest absolute Gasteiger partial charge is 0.493 e. The molecule has 0 radical (unpaired) electrons. The van der Waals surface area contributed by atoms with Crippen molar-refractivity contribution in [2.24, 2.45) is 0 Å². The molecule has 9 nitrogen and oxygen atoms in total. The van der Waals surface area contributed by atoms with E-state index in [-0.39, 0.29) is 24.4 Å². The first-order chi connectivity index (χ1) is 21.3. The van der Waals surface area contributed by atoms with Crippen LogP contribution in [-0.2, 0) is 27.3 Å². The van der Waals surface area contributed by atoms with E-state index in [4.69, 9.17) is 16.3 Å². The van der Waals surface area contributed by atoms with Gasteiger partial charge in [0.2, 0.25) is 17.7 Å². The third kappa shape index (κ3) is 9.31. The molecule has 0 aliphatic carbocycles. The van der Waals surface area contributed by atoms with E-state index in [1.54, 1.807) is 55.6 Å². The van der Waals surface area contributed by atoms with Gasteiger partial charge in [-0.15, -0.1) is 0 Å². The number of benzene rings is 3. The maximum Gasteiger partial charge on any atom is 0.255 e. The fourth-order valence-corrected chi connectivity index (χ4v) is 5.20. The van der Waals surface area contributed by atoms with Crippen LogP contribution < -0.4 is 20.7 Å². The molecule has 0 spiro atoms. The molecular formula is C34H39ClN4O5. The first kappa shape index (κ1) is 32.5. The molecule has 2 atom stereocenters. The fourth-order valence-electron chi connectivity index (χ4n) is 5.00. The molecule has 3 aromatic carbocycles. The maximum absolute atomic E-state index is 13.7. The second kappa shape index (κ2) is 16.5. The Morgan fingerprint density at radius 1 is 0.932 bits per heavy atom. The Bertz CT molecular complexity index is 1430. The summed E-state index contributed by atoms with van der Waals surface area (Å²) in [5, 5.41) is 9.01. The number of nitrogens with one attached hydrogen (secondary N) is 3. The van der Waals surface area contributed by atoms with Gasteiger partial charge in [0, 0.05) is 31.6 Å². The average molecular weight is 619 g/mol. The summed E-state index contributed by atoms with van der Waals surface area (Å²) in [5.74, 6) is -1.44. The Kier molecular flexibility index (Phi) is 12.2. The van der Waals surface area contributed by atoms with Crippen LogP contribution in [0.5, 0.6) is 5.75 Å². The molecule has 232 valence electrons. The molecule has 1 aliphatic heterocycles. The highest BCUT2D eigenvalue weighted by Gasteiger charge is 2.32. The van der Waals surface area contributed by atoms with E-state index in [2.05, 4.69) is 16.0 Å². The van der Waals surface area contributed by atoms with Crippen LogP contribution in [0.25, 0.3) is 0 Å². The third-order valence-electron chi connectivity index (χ3n) is 7.61. The molecule has 1 heterocycles. The number of hydrogen-bond donors (Lipinski definition) is 3. The molecule has 0 unspecified atom stereocenters. The number of fused-ring (bicyclic) bond motifs is 1. The fraction of sp³-hybridized carbons (Fsp3) is 0.353. The Balaban J connectivity index is 1.61. The van der Waals surface area contributed by atoms with Crippen molar-refractivity contribution in [3.05, 3.63) is 101 Å². The van der Waals surface area contributed by atoms with Gasteiger partial charge in [0.1, 0.15) is 17.8 Å². The van der Waals surface area contributed by atoms with Crippen molar-refractivity contribution in [2.75, 3.05) is 20.2 Å². The minimum Gasteiger partial charge on any atom is -0.493 e. The number of carbonyl (C=O) groups excluding carboxylic acids is 4. The number of hydrogen-bond acceptors (Lipinski definition) is 5. The number of ether oxygens (including phenoxy) is 1. The van der Waals surface area contributed by atoms with Crippen molar-refractivity contribution in [3.8, 4) is 5.75 Å². The number of halogens is 1. The molecule has 0 fully saturated rings. The third-order valence-corrected chi connectivity index (χ3v) is 7.98. The topological polar surface area (TPSA) is 117 Å². The number of rotatable bonds is 5. The maximum atomic E-state index is 13.7. The Hall–Kier alpha value is -4.37. The van der Waals surface area contributed by atoms with Crippen molar-refractivity contribution in [2.45, 2.75) is 57.2 Å². The highest BCUT2D eigenvalue weighted by Crippen LogP contribution is 2.20. The lowest BCUT2D eigenvalue weighted by Gasteiger charge is -2.29. The average Bonchev–Trinajstić information content (AvgIpc) is 3.03. The molecule has 4 amide bonds. The van der Waals surface area contributed by atoms with Crippen molar-refractivity contribution >= 4 is 35.2 Å². The summed E-state index contributed by atoms with van der Waals surface area (Å²) < 4.78 is 5.92. The van der Waals surface area contributed by atoms with Gasteiger partial charge in [-0.2, -0.15) is 0 Å². The smallest absolute Gasteiger partial charge is 0.255 e. The van der Waals surface area contributed by atoms with Gasteiger partial charge < -0.3 is 25.6 Å².